The van der Waals surface area contributed by atoms with Gasteiger partial charge in [-0.3, -0.25) is 4.79 Å². The molecule has 2 N–H and O–H groups in total. The molecule has 0 saturated heterocycles. The molecule has 122 valence electrons. The lowest BCUT2D eigenvalue weighted by atomic mass is 10.1. The molecule has 0 saturated carbocycles. The van der Waals surface area contributed by atoms with Crippen molar-refractivity contribution in [1.29, 1.82) is 0 Å². The number of carboxylic acid groups (broad SMARTS) is 1. The van der Waals surface area contributed by atoms with E-state index in [1.165, 1.54) is 12.1 Å². The lowest BCUT2D eigenvalue weighted by Gasteiger charge is -2.13. The Bertz CT molecular complexity index is 622. The molecule has 0 aliphatic carbocycles. The topological polar surface area (TPSA) is 101 Å². The Labute approximate surface area is 130 Å². The summed E-state index contributed by atoms with van der Waals surface area (Å²) in [4.78, 5) is 23.0. The number of carboxylic acids is 1. The lowest BCUT2D eigenvalue weighted by molar-refractivity contribution is -0.141. The summed E-state index contributed by atoms with van der Waals surface area (Å²) < 4.78 is 23.4. The molecular weight excluding hydrogens is 306 g/mol. The number of benzene rings is 1. The summed E-state index contributed by atoms with van der Waals surface area (Å²) >= 11 is 0. The average molecular weight is 327 g/mol. The SMILES string of the molecule is CCCC(NC(=O)Cc1ccc(S(=O)(=O)CC)cc1)C(=O)O. The minimum absolute atomic E-state index is 0.0138. The first kappa shape index (κ1) is 18.2. The number of nitrogens with one attached hydrogen (secondary N) is 1. The van der Waals surface area contributed by atoms with E-state index in [0.717, 1.165) is 0 Å². The monoisotopic (exact) mass is 327 g/mol. The summed E-state index contributed by atoms with van der Waals surface area (Å²) in [6, 6.07) is 5.16. The van der Waals surface area contributed by atoms with Gasteiger partial charge in [0.25, 0.3) is 0 Å². The van der Waals surface area contributed by atoms with Crippen LogP contribution < -0.4 is 5.32 Å². The highest BCUT2D eigenvalue weighted by Crippen LogP contribution is 2.12. The molecule has 6 nitrogen and oxygen atoms in total. The maximum Gasteiger partial charge on any atom is 0.326 e. The summed E-state index contributed by atoms with van der Waals surface area (Å²) in [7, 11) is -3.26. The van der Waals surface area contributed by atoms with Gasteiger partial charge in [0.15, 0.2) is 9.84 Å². The summed E-state index contributed by atoms with van der Waals surface area (Å²) in [6.07, 6.45) is 1.04. The number of sulfone groups is 1. The number of carbonyl (C=O) groups excluding carboxylic acids is 1. The molecule has 0 heterocycles. The minimum atomic E-state index is -3.26. The second-order valence-electron chi connectivity index (χ2n) is 4.97. The Morgan fingerprint density at radius 3 is 2.23 bits per heavy atom. The molecule has 0 aliphatic heterocycles. The van der Waals surface area contributed by atoms with Gasteiger partial charge in [0.2, 0.25) is 5.91 Å². The van der Waals surface area contributed by atoms with Crippen LogP contribution in [0.1, 0.15) is 32.3 Å². The number of aliphatic carboxylic acids is 1. The van der Waals surface area contributed by atoms with Crippen LogP contribution in [-0.2, 0) is 25.8 Å². The molecule has 1 aromatic carbocycles. The fraction of sp³-hybridized carbons (Fsp3) is 0.467. The molecule has 1 rings (SSSR count). The van der Waals surface area contributed by atoms with Crippen molar-refractivity contribution < 1.29 is 23.1 Å². The molecule has 1 atom stereocenters. The number of rotatable bonds is 8. The first-order valence-corrected chi connectivity index (χ1v) is 8.79. The van der Waals surface area contributed by atoms with Crippen LogP contribution in [0.25, 0.3) is 0 Å². The summed E-state index contributed by atoms with van der Waals surface area (Å²) in [5.41, 5.74) is 0.633. The molecule has 1 amide bonds. The minimum Gasteiger partial charge on any atom is -0.480 e. The Morgan fingerprint density at radius 1 is 1.18 bits per heavy atom. The maximum atomic E-state index is 11.8. The third-order valence-corrected chi connectivity index (χ3v) is 4.99. The highest BCUT2D eigenvalue weighted by Gasteiger charge is 2.19. The van der Waals surface area contributed by atoms with E-state index in [4.69, 9.17) is 5.11 Å². The van der Waals surface area contributed by atoms with Crippen LogP contribution in [0.15, 0.2) is 29.2 Å². The van der Waals surface area contributed by atoms with Crippen molar-refractivity contribution in [1.82, 2.24) is 5.32 Å². The first-order chi connectivity index (χ1) is 10.3. The predicted molar refractivity (Wildman–Crippen MR) is 82.3 cm³/mol. The molecule has 0 fully saturated rings. The fourth-order valence-corrected chi connectivity index (χ4v) is 2.84. The fourth-order valence-electron chi connectivity index (χ4n) is 1.96. The largest absolute Gasteiger partial charge is 0.480 e. The average Bonchev–Trinajstić information content (AvgIpc) is 2.47. The molecule has 0 aromatic heterocycles. The maximum absolute atomic E-state index is 11.8. The van der Waals surface area contributed by atoms with Crippen molar-refractivity contribution in [3.8, 4) is 0 Å². The molecule has 7 heteroatoms. The molecule has 0 bridgehead atoms. The van der Waals surface area contributed by atoms with E-state index < -0.39 is 27.8 Å². The predicted octanol–water partition coefficient (Wildman–Crippen LogP) is 1.39. The van der Waals surface area contributed by atoms with Crippen LogP contribution in [0.4, 0.5) is 0 Å². The van der Waals surface area contributed by atoms with E-state index >= 15 is 0 Å². The van der Waals surface area contributed by atoms with Gasteiger partial charge in [0.1, 0.15) is 6.04 Å². The molecule has 0 radical (unpaired) electrons. The number of hydrogen-bond donors (Lipinski definition) is 2. The highest BCUT2D eigenvalue weighted by molar-refractivity contribution is 7.91. The molecule has 0 aliphatic rings. The molecule has 0 spiro atoms. The quantitative estimate of drug-likeness (QED) is 0.751. The van der Waals surface area contributed by atoms with Crippen molar-refractivity contribution in [3.05, 3.63) is 29.8 Å². The van der Waals surface area contributed by atoms with Crippen molar-refractivity contribution in [2.75, 3.05) is 5.75 Å². The van der Waals surface area contributed by atoms with Crippen LogP contribution in [-0.4, -0.2) is 37.2 Å². The van der Waals surface area contributed by atoms with Crippen molar-refractivity contribution in [2.24, 2.45) is 0 Å². The van der Waals surface area contributed by atoms with E-state index in [-0.39, 0.29) is 17.1 Å². The highest BCUT2D eigenvalue weighted by atomic mass is 32.2. The Kier molecular flexibility index (Phi) is 6.55. The second kappa shape index (κ2) is 7.93. The van der Waals surface area contributed by atoms with Crippen LogP contribution in [0.5, 0.6) is 0 Å². The van der Waals surface area contributed by atoms with Gasteiger partial charge in [-0.05, 0) is 24.1 Å². The first-order valence-electron chi connectivity index (χ1n) is 7.14. The van der Waals surface area contributed by atoms with Gasteiger partial charge in [-0.25, -0.2) is 13.2 Å². The Balaban J connectivity index is 2.71. The van der Waals surface area contributed by atoms with Gasteiger partial charge in [-0.1, -0.05) is 32.4 Å². The molecule has 1 unspecified atom stereocenters. The Morgan fingerprint density at radius 2 is 1.77 bits per heavy atom. The van der Waals surface area contributed by atoms with E-state index in [1.54, 1.807) is 19.1 Å². The third kappa shape index (κ3) is 5.14. The molecule has 22 heavy (non-hydrogen) atoms. The molecular formula is C15H21NO5S. The summed E-state index contributed by atoms with van der Waals surface area (Å²) in [5, 5.41) is 11.5. The second-order valence-corrected chi connectivity index (χ2v) is 7.25. The van der Waals surface area contributed by atoms with Gasteiger partial charge >= 0.3 is 5.97 Å². The Hall–Kier alpha value is -1.89. The lowest BCUT2D eigenvalue weighted by Crippen LogP contribution is -2.41. The third-order valence-electron chi connectivity index (χ3n) is 3.24. The van der Waals surface area contributed by atoms with Gasteiger partial charge < -0.3 is 10.4 Å². The van der Waals surface area contributed by atoms with E-state index in [1.807, 2.05) is 6.92 Å². The standard InChI is InChI=1S/C15H21NO5S/c1-3-5-13(15(18)19)16-14(17)10-11-6-8-12(9-7-11)22(20,21)4-2/h6-9,13H,3-5,10H2,1-2H3,(H,16,17)(H,18,19). The summed E-state index contributed by atoms with van der Waals surface area (Å²) in [5.74, 6) is -1.43. The summed E-state index contributed by atoms with van der Waals surface area (Å²) in [6.45, 7) is 3.41. The van der Waals surface area contributed by atoms with Gasteiger partial charge in [0.05, 0.1) is 17.1 Å². The van der Waals surface area contributed by atoms with Crippen molar-refractivity contribution in [2.45, 2.75) is 44.0 Å². The smallest absolute Gasteiger partial charge is 0.326 e. The van der Waals surface area contributed by atoms with E-state index in [2.05, 4.69) is 5.32 Å². The van der Waals surface area contributed by atoms with Crippen LogP contribution >= 0.6 is 0 Å². The van der Waals surface area contributed by atoms with E-state index in [9.17, 15) is 18.0 Å². The van der Waals surface area contributed by atoms with Crippen molar-refractivity contribution in [3.63, 3.8) is 0 Å². The normalized spacial score (nSPS) is 12.6. The van der Waals surface area contributed by atoms with Gasteiger partial charge in [0, 0.05) is 0 Å². The van der Waals surface area contributed by atoms with Crippen molar-refractivity contribution >= 4 is 21.7 Å². The van der Waals surface area contributed by atoms with Crippen LogP contribution in [0, 0.1) is 0 Å². The van der Waals surface area contributed by atoms with Crippen LogP contribution in [0.3, 0.4) is 0 Å². The number of amides is 1. The van der Waals surface area contributed by atoms with Gasteiger partial charge in [-0.2, -0.15) is 0 Å². The zero-order valence-corrected chi connectivity index (χ0v) is 13.5. The van der Waals surface area contributed by atoms with Gasteiger partial charge in [-0.15, -0.1) is 0 Å². The molecule has 1 aromatic rings. The van der Waals surface area contributed by atoms with Crippen LogP contribution in [0.2, 0.25) is 0 Å². The number of hydrogen-bond acceptors (Lipinski definition) is 4. The number of carbonyl (C=O) groups is 2. The van der Waals surface area contributed by atoms with E-state index in [0.29, 0.717) is 18.4 Å². The zero-order chi connectivity index (χ0) is 16.8. The zero-order valence-electron chi connectivity index (χ0n) is 12.7.